The predicted molar refractivity (Wildman–Crippen MR) is 79.9 cm³/mol. The van der Waals surface area contributed by atoms with Gasteiger partial charge in [0, 0.05) is 10.9 Å². The van der Waals surface area contributed by atoms with Gasteiger partial charge in [0.25, 0.3) is 0 Å². The van der Waals surface area contributed by atoms with Gasteiger partial charge in [-0.15, -0.1) is 11.3 Å². The smallest absolute Gasteiger partial charge is 0.326 e. The number of amides is 1. The van der Waals surface area contributed by atoms with Crippen molar-refractivity contribution in [3.05, 3.63) is 22.4 Å². The van der Waals surface area contributed by atoms with Crippen molar-refractivity contribution in [1.82, 2.24) is 4.90 Å². The van der Waals surface area contributed by atoms with E-state index in [-0.39, 0.29) is 11.9 Å². The van der Waals surface area contributed by atoms with Crippen LogP contribution in [-0.4, -0.2) is 34.0 Å². The molecule has 0 spiro atoms. The third-order valence-corrected chi connectivity index (χ3v) is 5.70. The summed E-state index contributed by atoms with van der Waals surface area (Å²) in [4.78, 5) is 26.7. The maximum absolute atomic E-state index is 12.8. The molecule has 1 aliphatic carbocycles. The number of carboxylic acids is 1. The second kappa shape index (κ2) is 5.77. The average molecular weight is 308 g/mol. The van der Waals surface area contributed by atoms with Gasteiger partial charge in [-0.1, -0.05) is 18.9 Å². The Morgan fingerprint density at radius 3 is 2.81 bits per heavy atom. The van der Waals surface area contributed by atoms with E-state index >= 15 is 0 Å². The first-order chi connectivity index (χ1) is 10.1. The third-order valence-electron chi connectivity index (χ3n) is 4.74. The van der Waals surface area contributed by atoms with Gasteiger partial charge in [-0.25, -0.2) is 4.79 Å². The summed E-state index contributed by atoms with van der Waals surface area (Å²) >= 11 is 1.44. The number of thiophene rings is 1. The maximum Gasteiger partial charge on any atom is 0.326 e. The largest absolute Gasteiger partial charge is 0.480 e. The van der Waals surface area contributed by atoms with E-state index in [1.165, 1.54) is 11.3 Å². The highest BCUT2D eigenvalue weighted by atomic mass is 32.1. The number of nitrogens with zero attached hydrogens (tertiary/aromatic N) is 1. The molecule has 0 aromatic carbocycles. The van der Waals surface area contributed by atoms with E-state index < -0.39 is 18.1 Å². The summed E-state index contributed by atoms with van der Waals surface area (Å²) in [6, 6.07) is 2.29. The van der Waals surface area contributed by atoms with Crippen LogP contribution in [0.5, 0.6) is 0 Å². The fourth-order valence-corrected chi connectivity index (χ4v) is 4.47. The lowest BCUT2D eigenvalue weighted by Gasteiger charge is -2.34. The minimum absolute atomic E-state index is 0.0540. The first-order valence-corrected chi connectivity index (χ1v) is 8.31. The van der Waals surface area contributed by atoms with Crippen molar-refractivity contribution in [2.24, 2.45) is 11.7 Å². The van der Waals surface area contributed by atoms with Crippen LogP contribution in [-0.2, 0) is 9.59 Å². The fourth-order valence-electron chi connectivity index (χ4n) is 3.75. The Hall–Kier alpha value is -1.40. The minimum atomic E-state index is -0.906. The number of hydrogen-bond acceptors (Lipinski definition) is 4. The molecule has 3 rings (SSSR count). The van der Waals surface area contributed by atoms with Crippen molar-refractivity contribution in [3.63, 3.8) is 0 Å². The van der Waals surface area contributed by atoms with Crippen molar-refractivity contribution in [2.75, 3.05) is 0 Å². The molecule has 114 valence electrons. The molecular weight excluding hydrogens is 288 g/mol. The topological polar surface area (TPSA) is 83.6 Å². The van der Waals surface area contributed by atoms with E-state index in [0.29, 0.717) is 12.3 Å². The Kier molecular flexibility index (Phi) is 3.99. The second-order valence-electron chi connectivity index (χ2n) is 5.94. The molecule has 1 aliphatic heterocycles. The van der Waals surface area contributed by atoms with Gasteiger partial charge in [0.05, 0.1) is 0 Å². The molecule has 5 nitrogen and oxygen atoms in total. The van der Waals surface area contributed by atoms with Gasteiger partial charge in [-0.05, 0) is 36.6 Å². The molecule has 1 aromatic rings. The van der Waals surface area contributed by atoms with Crippen molar-refractivity contribution in [3.8, 4) is 0 Å². The Balaban J connectivity index is 1.86. The van der Waals surface area contributed by atoms with Crippen LogP contribution in [0.15, 0.2) is 17.5 Å². The molecule has 4 atom stereocenters. The molecule has 2 fully saturated rings. The number of nitrogens with two attached hydrogens (primary N) is 1. The highest BCUT2D eigenvalue weighted by Gasteiger charge is 2.48. The highest BCUT2D eigenvalue weighted by Crippen LogP contribution is 2.41. The molecule has 1 saturated heterocycles. The summed E-state index contributed by atoms with van der Waals surface area (Å²) in [6.45, 7) is 0. The molecule has 1 saturated carbocycles. The number of likely N-dealkylation sites (tertiary alicyclic amines) is 1. The minimum Gasteiger partial charge on any atom is -0.480 e. The van der Waals surface area contributed by atoms with E-state index in [9.17, 15) is 14.7 Å². The number of aliphatic carboxylic acids is 1. The van der Waals surface area contributed by atoms with Crippen molar-refractivity contribution >= 4 is 23.2 Å². The molecule has 2 heterocycles. The van der Waals surface area contributed by atoms with Crippen molar-refractivity contribution in [2.45, 2.75) is 50.2 Å². The number of carbonyl (C=O) groups excluding carboxylic acids is 1. The average Bonchev–Trinajstić information content (AvgIpc) is 3.12. The third kappa shape index (κ3) is 2.58. The number of hydrogen-bond donors (Lipinski definition) is 2. The van der Waals surface area contributed by atoms with Gasteiger partial charge in [-0.2, -0.15) is 0 Å². The van der Waals surface area contributed by atoms with Crippen molar-refractivity contribution < 1.29 is 14.7 Å². The molecule has 1 aromatic heterocycles. The first-order valence-electron chi connectivity index (χ1n) is 7.43. The summed E-state index contributed by atoms with van der Waals surface area (Å²) in [5.41, 5.74) is 6.07. The van der Waals surface area contributed by atoms with E-state index in [2.05, 4.69) is 0 Å². The molecule has 0 bridgehead atoms. The summed E-state index contributed by atoms with van der Waals surface area (Å²) in [5.74, 6) is -0.824. The molecule has 2 aliphatic rings. The van der Waals surface area contributed by atoms with Gasteiger partial charge < -0.3 is 15.7 Å². The predicted octanol–water partition coefficient (Wildman–Crippen LogP) is 1.99. The van der Waals surface area contributed by atoms with Crippen LogP contribution in [0.1, 0.15) is 43.0 Å². The van der Waals surface area contributed by atoms with Crippen LogP contribution in [0.2, 0.25) is 0 Å². The molecular formula is C15H20N2O3S. The quantitative estimate of drug-likeness (QED) is 0.894. The Morgan fingerprint density at radius 2 is 2.14 bits per heavy atom. The summed E-state index contributed by atoms with van der Waals surface area (Å²) in [5, 5.41) is 11.3. The van der Waals surface area contributed by atoms with Gasteiger partial charge in [0.15, 0.2) is 0 Å². The van der Waals surface area contributed by atoms with Crippen LogP contribution < -0.4 is 5.73 Å². The van der Waals surface area contributed by atoms with Crippen molar-refractivity contribution in [1.29, 1.82) is 0 Å². The number of carbonyl (C=O) groups is 2. The van der Waals surface area contributed by atoms with Gasteiger partial charge in [0.1, 0.15) is 12.1 Å². The molecule has 0 radical (unpaired) electrons. The van der Waals surface area contributed by atoms with Gasteiger partial charge >= 0.3 is 5.97 Å². The molecule has 4 unspecified atom stereocenters. The Labute approximate surface area is 127 Å². The lowest BCUT2D eigenvalue weighted by molar-refractivity contribution is -0.150. The molecule has 21 heavy (non-hydrogen) atoms. The lowest BCUT2D eigenvalue weighted by atomic mass is 9.84. The standard InChI is InChI=1S/C15H20N2O3S/c16-13(12-6-3-7-21-12)14(18)17-10-5-2-1-4-9(10)8-11(17)15(19)20/h3,6-7,9-11,13H,1-2,4-5,8,16H2,(H,19,20). The Bertz CT molecular complexity index is 531. The molecule has 1 amide bonds. The van der Waals surface area contributed by atoms with Gasteiger partial charge in [-0.3, -0.25) is 4.79 Å². The lowest BCUT2D eigenvalue weighted by Crippen LogP contribution is -2.49. The molecule has 3 N–H and O–H groups in total. The van der Waals surface area contributed by atoms with Crippen LogP contribution in [0.3, 0.4) is 0 Å². The second-order valence-corrected chi connectivity index (χ2v) is 6.92. The molecule has 6 heteroatoms. The van der Waals surface area contributed by atoms with E-state index in [1.807, 2.05) is 17.5 Å². The van der Waals surface area contributed by atoms with Gasteiger partial charge in [0.2, 0.25) is 5.91 Å². The first kappa shape index (κ1) is 14.5. The summed E-state index contributed by atoms with van der Waals surface area (Å²) in [7, 11) is 0. The number of fused-ring (bicyclic) bond motifs is 1. The van der Waals surface area contributed by atoms with Crippen LogP contribution in [0.25, 0.3) is 0 Å². The maximum atomic E-state index is 12.8. The SMILES string of the molecule is NC(C(=O)N1C(C(=O)O)CC2CCCCC21)c1cccs1. The number of carboxylic acid groups (broad SMARTS) is 1. The zero-order valence-electron chi connectivity index (χ0n) is 11.8. The van der Waals surface area contributed by atoms with E-state index in [4.69, 9.17) is 5.73 Å². The van der Waals surface area contributed by atoms with Crippen LogP contribution in [0.4, 0.5) is 0 Å². The Morgan fingerprint density at radius 1 is 1.38 bits per heavy atom. The highest BCUT2D eigenvalue weighted by molar-refractivity contribution is 7.10. The zero-order valence-corrected chi connectivity index (χ0v) is 12.6. The summed E-state index contributed by atoms with van der Waals surface area (Å²) < 4.78 is 0. The van der Waals surface area contributed by atoms with Crippen LogP contribution in [0, 0.1) is 5.92 Å². The fraction of sp³-hybridized carbons (Fsp3) is 0.600. The normalized spacial score (nSPS) is 30.0. The van der Waals surface area contributed by atoms with E-state index in [0.717, 1.165) is 30.6 Å². The van der Waals surface area contributed by atoms with E-state index in [1.54, 1.807) is 4.90 Å². The van der Waals surface area contributed by atoms with Crippen LogP contribution >= 0.6 is 11.3 Å². The monoisotopic (exact) mass is 308 g/mol. The zero-order chi connectivity index (χ0) is 15.0. The number of rotatable bonds is 3. The summed E-state index contributed by atoms with van der Waals surface area (Å²) in [6.07, 6.45) is 4.69.